The van der Waals surface area contributed by atoms with Crippen LogP contribution in [0, 0.1) is 6.92 Å². The highest BCUT2D eigenvalue weighted by molar-refractivity contribution is 5.95. The lowest BCUT2D eigenvalue weighted by Gasteiger charge is -2.18. The molecule has 1 N–H and O–H groups in total. The summed E-state index contributed by atoms with van der Waals surface area (Å²) in [6.07, 6.45) is 3.33. The molecule has 0 fully saturated rings. The Balaban J connectivity index is 1.71. The second kappa shape index (κ2) is 7.57. The third-order valence-corrected chi connectivity index (χ3v) is 3.82. The van der Waals surface area contributed by atoms with Gasteiger partial charge in [-0.05, 0) is 36.8 Å². The first-order chi connectivity index (χ1) is 12.1. The zero-order chi connectivity index (χ0) is 17.6. The fraction of sp³-hybridized carbons (Fsp3) is 0.150. The normalized spacial score (nSPS) is 10.3. The molecule has 3 aromatic rings. The Morgan fingerprint density at radius 1 is 1.04 bits per heavy atom. The van der Waals surface area contributed by atoms with E-state index in [1.165, 1.54) is 5.56 Å². The predicted octanol–water partition coefficient (Wildman–Crippen LogP) is 3.80. The van der Waals surface area contributed by atoms with E-state index in [9.17, 15) is 4.79 Å². The zero-order valence-corrected chi connectivity index (χ0v) is 14.3. The second-order valence-corrected chi connectivity index (χ2v) is 5.93. The van der Waals surface area contributed by atoms with E-state index in [1.54, 1.807) is 23.4 Å². The summed E-state index contributed by atoms with van der Waals surface area (Å²) in [7, 11) is 1.81. The molecule has 0 radical (unpaired) electrons. The molecule has 1 heterocycles. The number of amides is 1. The van der Waals surface area contributed by atoms with Gasteiger partial charge < -0.3 is 10.2 Å². The molecule has 126 valence electrons. The molecule has 1 aromatic heterocycles. The molecule has 0 spiro atoms. The summed E-state index contributed by atoms with van der Waals surface area (Å²) in [6, 6.07) is 17.3. The van der Waals surface area contributed by atoms with Crippen LogP contribution in [0.5, 0.6) is 0 Å². The standard InChI is InChI=1S/C20H20N4O/c1-15-7-9-16(10-8-15)14-24(2)19(25)17-5-3-6-18(13-17)23-20-21-11-4-12-22-20/h3-13H,14H2,1-2H3,(H,21,22,23). The van der Waals surface area contributed by atoms with Gasteiger partial charge in [-0.3, -0.25) is 4.79 Å². The Bertz CT molecular complexity index is 847. The zero-order valence-electron chi connectivity index (χ0n) is 14.3. The van der Waals surface area contributed by atoms with E-state index >= 15 is 0 Å². The van der Waals surface area contributed by atoms with Gasteiger partial charge in [0, 0.05) is 37.2 Å². The minimum atomic E-state index is -0.0294. The molecule has 0 unspecified atom stereocenters. The maximum Gasteiger partial charge on any atom is 0.253 e. The number of carbonyl (C=O) groups excluding carboxylic acids is 1. The summed E-state index contributed by atoms with van der Waals surface area (Å²) in [4.78, 5) is 22.7. The summed E-state index contributed by atoms with van der Waals surface area (Å²) in [6.45, 7) is 2.62. The Morgan fingerprint density at radius 2 is 1.76 bits per heavy atom. The molecule has 0 aliphatic heterocycles. The molecule has 5 heteroatoms. The van der Waals surface area contributed by atoms with Gasteiger partial charge in [0.05, 0.1) is 0 Å². The van der Waals surface area contributed by atoms with Gasteiger partial charge in [-0.15, -0.1) is 0 Å². The van der Waals surface area contributed by atoms with Crippen molar-refractivity contribution in [3.8, 4) is 0 Å². The van der Waals surface area contributed by atoms with Crippen LogP contribution in [0.25, 0.3) is 0 Å². The van der Waals surface area contributed by atoms with Crippen molar-refractivity contribution >= 4 is 17.5 Å². The van der Waals surface area contributed by atoms with Crippen LogP contribution < -0.4 is 5.32 Å². The number of nitrogens with zero attached hydrogens (tertiary/aromatic N) is 3. The number of hydrogen-bond donors (Lipinski definition) is 1. The molecule has 2 aromatic carbocycles. The largest absolute Gasteiger partial charge is 0.337 e. The smallest absolute Gasteiger partial charge is 0.253 e. The first kappa shape index (κ1) is 16.6. The lowest BCUT2D eigenvalue weighted by atomic mass is 10.1. The van der Waals surface area contributed by atoms with Crippen molar-refractivity contribution in [2.75, 3.05) is 12.4 Å². The Morgan fingerprint density at radius 3 is 2.48 bits per heavy atom. The summed E-state index contributed by atoms with van der Waals surface area (Å²) < 4.78 is 0. The first-order valence-electron chi connectivity index (χ1n) is 8.07. The highest BCUT2D eigenvalue weighted by atomic mass is 16.2. The number of benzene rings is 2. The molecular formula is C20H20N4O. The van der Waals surface area contributed by atoms with Gasteiger partial charge in [0.2, 0.25) is 5.95 Å². The number of hydrogen-bond acceptors (Lipinski definition) is 4. The Labute approximate surface area is 147 Å². The molecule has 0 aliphatic carbocycles. The maximum atomic E-state index is 12.7. The molecule has 3 rings (SSSR count). The summed E-state index contributed by atoms with van der Waals surface area (Å²) in [5.74, 6) is 0.471. The van der Waals surface area contributed by atoms with Gasteiger partial charge in [0.1, 0.15) is 0 Å². The first-order valence-corrected chi connectivity index (χ1v) is 8.07. The van der Waals surface area contributed by atoms with Crippen LogP contribution in [0.3, 0.4) is 0 Å². The van der Waals surface area contributed by atoms with Crippen LogP contribution in [0.4, 0.5) is 11.6 Å². The molecule has 25 heavy (non-hydrogen) atoms. The van der Waals surface area contributed by atoms with Crippen molar-refractivity contribution in [1.82, 2.24) is 14.9 Å². The number of rotatable bonds is 5. The number of aryl methyl sites for hydroxylation is 1. The van der Waals surface area contributed by atoms with E-state index in [1.807, 2.05) is 50.4 Å². The number of anilines is 2. The van der Waals surface area contributed by atoms with Crippen LogP contribution in [0.15, 0.2) is 67.0 Å². The summed E-state index contributed by atoms with van der Waals surface area (Å²) in [5.41, 5.74) is 3.71. The van der Waals surface area contributed by atoms with E-state index in [2.05, 4.69) is 27.4 Å². The van der Waals surface area contributed by atoms with Gasteiger partial charge in [-0.1, -0.05) is 35.9 Å². The number of aromatic nitrogens is 2. The second-order valence-electron chi connectivity index (χ2n) is 5.93. The van der Waals surface area contributed by atoms with E-state index < -0.39 is 0 Å². The highest BCUT2D eigenvalue weighted by Gasteiger charge is 2.12. The van der Waals surface area contributed by atoms with Crippen molar-refractivity contribution in [1.29, 1.82) is 0 Å². The molecule has 0 bridgehead atoms. The fourth-order valence-electron chi connectivity index (χ4n) is 2.48. The summed E-state index contributed by atoms with van der Waals surface area (Å²) >= 11 is 0. The van der Waals surface area contributed by atoms with E-state index in [4.69, 9.17) is 0 Å². The Hall–Kier alpha value is -3.21. The molecule has 0 saturated heterocycles. The van der Waals surface area contributed by atoms with Crippen LogP contribution >= 0.6 is 0 Å². The van der Waals surface area contributed by atoms with Crippen LogP contribution in [0.2, 0.25) is 0 Å². The van der Waals surface area contributed by atoms with Crippen LogP contribution in [-0.2, 0) is 6.54 Å². The van der Waals surface area contributed by atoms with Crippen molar-refractivity contribution in [3.63, 3.8) is 0 Å². The van der Waals surface area contributed by atoms with Gasteiger partial charge in [0.25, 0.3) is 5.91 Å². The molecule has 5 nitrogen and oxygen atoms in total. The molecule has 0 atom stereocenters. The monoisotopic (exact) mass is 332 g/mol. The minimum absolute atomic E-state index is 0.0294. The Kier molecular flexibility index (Phi) is 5.04. The van der Waals surface area contributed by atoms with Gasteiger partial charge in [0.15, 0.2) is 0 Å². The SMILES string of the molecule is Cc1ccc(CN(C)C(=O)c2cccc(Nc3ncccn3)c2)cc1. The minimum Gasteiger partial charge on any atom is -0.337 e. The maximum absolute atomic E-state index is 12.7. The lowest BCUT2D eigenvalue weighted by Crippen LogP contribution is -2.26. The molecule has 0 saturated carbocycles. The van der Waals surface area contributed by atoms with E-state index in [0.29, 0.717) is 18.1 Å². The van der Waals surface area contributed by atoms with Crippen LogP contribution in [-0.4, -0.2) is 27.8 Å². The van der Waals surface area contributed by atoms with Gasteiger partial charge >= 0.3 is 0 Å². The van der Waals surface area contributed by atoms with Crippen molar-refractivity contribution in [3.05, 3.63) is 83.7 Å². The third-order valence-electron chi connectivity index (χ3n) is 3.82. The average Bonchev–Trinajstić information content (AvgIpc) is 2.64. The number of carbonyl (C=O) groups is 1. The van der Waals surface area contributed by atoms with Crippen molar-refractivity contribution in [2.24, 2.45) is 0 Å². The van der Waals surface area contributed by atoms with Gasteiger partial charge in [-0.25, -0.2) is 9.97 Å². The topological polar surface area (TPSA) is 58.1 Å². The fourth-order valence-corrected chi connectivity index (χ4v) is 2.48. The predicted molar refractivity (Wildman–Crippen MR) is 98.7 cm³/mol. The molecule has 0 aliphatic rings. The highest BCUT2D eigenvalue weighted by Crippen LogP contribution is 2.16. The molecular weight excluding hydrogens is 312 g/mol. The van der Waals surface area contributed by atoms with Crippen molar-refractivity contribution < 1.29 is 4.79 Å². The van der Waals surface area contributed by atoms with E-state index in [-0.39, 0.29) is 5.91 Å². The summed E-state index contributed by atoms with van der Waals surface area (Å²) in [5, 5.41) is 3.10. The number of nitrogens with one attached hydrogen (secondary N) is 1. The van der Waals surface area contributed by atoms with E-state index in [0.717, 1.165) is 11.3 Å². The molecule has 1 amide bonds. The average molecular weight is 332 g/mol. The quantitative estimate of drug-likeness (QED) is 0.772. The van der Waals surface area contributed by atoms with Gasteiger partial charge in [-0.2, -0.15) is 0 Å². The third kappa shape index (κ3) is 4.41. The van der Waals surface area contributed by atoms with Crippen LogP contribution in [0.1, 0.15) is 21.5 Å². The lowest BCUT2D eigenvalue weighted by molar-refractivity contribution is 0.0785. The van der Waals surface area contributed by atoms with Crippen molar-refractivity contribution in [2.45, 2.75) is 13.5 Å².